The predicted octanol–water partition coefficient (Wildman–Crippen LogP) is 2.59. The number of methoxy groups -OCH3 is 1. The molecule has 0 atom stereocenters. The van der Waals surface area contributed by atoms with E-state index in [9.17, 15) is 4.79 Å². The SMILES string of the molecule is CCN(CC)CCCNc1nc(-c2ccc(OC)cc2)cc(=O)[nH]1. The molecular weight excluding hydrogens is 304 g/mol. The lowest BCUT2D eigenvalue weighted by Crippen LogP contribution is -2.25. The summed E-state index contributed by atoms with van der Waals surface area (Å²) in [5.41, 5.74) is 1.36. The second-order valence-corrected chi connectivity index (χ2v) is 5.51. The normalized spacial score (nSPS) is 10.8. The van der Waals surface area contributed by atoms with E-state index in [0.717, 1.165) is 43.9 Å². The fraction of sp³-hybridized carbons (Fsp3) is 0.444. The highest BCUT2D eigenvalue weighted by molar-refractivity contribution is 5.60. The van der Waals surface area contributed by atoms with Gasteiger partial charge in [-0.1, -0.05) is 13.8 Å². The van der Waals surface area contributed by atoms with Gasteiger partial charge in [0.25, 0.3) is 5.56 Å². The molecule has 0 radical (unpaired) electrons. The molecule has 0 spiro atoms. The summed E-state index contributed by atoms with van der Waals surface area (Å²) in [6, 6.07) is 9.00. The second-order valence-electron chi connectivity index (χ2n) is 5.51. The molecule has 0 aliphatic carbocycles. The number of ether oxygens (including phenoxy) is 1. The first-order valence-corrected chi connectivity index (χ1v) is 8.38. The van der Waals surface area contributed by atoms with Crippen LogP contribution in [-0.2, 0) is 0 Å². The number of aromatic nitrogens is 2. The van der Waals surface area contributed by atoms with E-state index in [1.54, 1.807) is 7.11 Å². The van der Waals surface area contributed by atoms with Crippen LogP contribution in [0.15, 0.2) is 35.1 Å². The maximum atomic E-state index is 11.9. The zero-order chi connectivity index (χ0) is 17.4. The number of benzene rings is 1. The lowest BCUT2D eigenvalue weighted by atomic mass is 10.1. The van der Waals surface area contributed by atoms with E-state index in [2.05, 4.69) is 34.0 Å². The average Bonchev–Trinajstić information content (AvgIpc) is 2.61. The van der Waals surface area contributed by atoms with Crippen LogP contribution in [0.5, 0.6) is 5.75 Å². The lowest BCUT2D eigenvalue weighted by molar-refractivity contribution is 0.303. The largest absolute Gasteiger partial charge is 0.497 e. The Hall–Kier alpha value is -2.34. The van der Waals surface area contributed by atoms with E-state index < -0.39 is 0 Å². The Morgan fingerprint density at radius 2 is 1.92 bits per heavy atom. The second kappa shape index (κ2) is 9.08. The quantitative estimate of drug-likeness (QED) is 0.692. The van der Waals surface area contributed by atoms with Gasteiger partial charge < -0.3 is 15.0 Å². The zero-order valence-electron chi connectivity index (χ0n) is 14.6. The first kappa shape index (κ1) is 18.0. The Labute approximate surface area is 142 Å². The summed E-state index contributed by atoms with van der Waals surface area (Å²) in [6.07, 6.45) is 0.998. The molecule has 0 aliphatic rings. The predicted molar refractivity (Wildman–Crippen MR) is 97.7 cm³/mol. The van der Waals surface area contributed by atoms with Crippen molar-refractivity contribution in [1.82, 2.24) is 14.9 Å². The molecule has 6 heteroatoms. The van der Waals surface area contributed by atoms with Gasteiger partial charge in [0.05, 0.1) is 12.8 Å². The number of hydrogen-bond donors (Lipinski definition) is 2. The summed E-state index contributed by atoms with van der Waals surface area (Å²) in [5, 5.41) is 3.20. The van der Waals surface area contributed by atoms with E-state index in [0.29, 0.717) is 11.6 Å². The standard InChI is InChI=1S/C18H26N4O2/c1-4-22(5-2)12-6-11-19-18-20-16(13-17(23)21-18)14-7-9-15(24-3)10-8-14/h7-10,13H,4-6,11-12H2,1-3H3,(H2,19,20,21,23). The van der Waals surface area contributed by atoms with Crippen LogP contribution in [0.2, 0.25) is 0 Å². The van der Waals surface area contributed by atoms with Gasteiger partial charge in [0.2, 0.25) is 5.95 Å². The van der Waals surface area contributed by atoms with Crippen LogP contribution in [-0.4, -0.2) is 48.2 Å². The summed E-state index contributed by atoms with van der Waals surface area (Å²) in [4.78, 5) is 21.5. The summed E-state index contributed by atoms with van der Waals surface area (Å²) in [5.74, 6) is 1.28. The molecule has 6 nitrogen and oxygen atoms in total. The molecule has 0 saturated carbocycles. The summed E-state index contributed by atoms with van der Waals surface area (Å²) in [6.45, 7) is 8.23. The van der Waals surface area contributed by atoms with Crippen molar-refractivity contribution in [1.29, 1.82) is 0 Å². The molecule has 2 rings (SSSR count). The van der Waals surface area contributed by atoms with E-state index >= 15 is 0 Å². The Morgan fingerprint density at radius 3 is 2.54 bits per heavy atom. The molecule has 1 aromatic heterocycles. The average molecular weight is 330 g/mol. The molecule has 0 saturated heterocycles. The molecule has 1 aromatic carbocycles. The van der Waals surface area contributed by atoms with Crippen LogP contribution in [0, 0.1) is 0 Å². The van der Waals surface area contributed by atoms with Crippen molar-refractivity contribution in [2.75, 3.05) is 38.6 Å². The topological polar surface area (TPSA) is 70.2 Å². The van der Waals surface area contributed by atoms with Crippen LogP contribution >= 0.6 is 0 Å². The van der Waals surface area contributed by atoms with E-state index in [1.807, 2.05) is 24.3 Å². The monoisotopic (exact) mass is 330 g/mol. The van der Waals surface area contributed by atoms with Gasteiger partial charge >= 0.3 is 0 Å². The number of anilines is 1. The molecular formula is C18H26N4O2. The summed E-state index contributed by atoms with van der Waals surface area (Å²) < 4.78 is 5.15. The number of nitrogens with one attached hydrogen (secondary N) is 2. The third-order valence-electron chi connectivity index (χ3n) is 3.97. The van der Waals surface area contributed by atoms with Crippen molar-refractivity contribution < 1.29 is 4.74 Å². The first-order valence-electron chi connectivity index (χ1n) is 8.38. The van der Waals surface area contributed by atoms with Gasteiger partial charge in [-0.2, -0.15) is 0 Å². The molecule has 2 N–H and O–H groups in total. The Bertz CT molecular complexity index is 678. The van der Waals surface area contributed by atoms with Crippen LogP contribution in [0.25, 0.3) is 11.3 Å². The van der Waals surface area contributed by atoms with Crippen LogP contribution in [0.1, 0.15) is 20.3 Å². The zero-order valence-corrected chi connectivity index (χ0v) is 14.6. The van der Waals surface area contributed by atoms with E-state index in [4.69, 9.17) is 4.74 Å². The Morgan fingerprint density at radius 1 is 1.21 bits per heavy atom. The molecule has 0 amide bonds. The van der Waals surface area contributed by atoms with Gasteiger partial charge in [-0.3, -0.25) is 9.78 Å². The Balaban J connectivity index is 2.01. The molecule has 2 aromatic rings. The Kier molecular flexibility index (Phi) is 6.81. The maximum absolute atomic E-state index is 11.9. The molecule has 24 heavy (non-hydrogen) atoms. The molecule has 0 fully saturated rings. The number of rotatable bonds is 9. The van der Waals surface area contributed by atoms with Crippen molar-refractivity contribution in [3.63, 3.8) is 0 Å². The van der Waals surface area contributed by atoms with E-state index in [-0.39, 0.29) is 5.56 Å². The van der Waals surface area contributed by atoms with Crippen molar-refractivity contribution in [3.8, 4) is 17.0 Å². The molecule has 0 bridgehead atoms. The number of aromatic amines is 1. The van der Waals surface area contributed by atoms with Gasteiger partial charge in [-0.25, -0.2) is 4.98 Å². The smallest absolute Gasteiger partial charge is 0.252 e. The van der Waals surface area contributed by atoms with Gasteiger partial charge in [0.1, 0.15) is 5.75 Å². The molecule has 130 valence electrons. The van der Waals surface area contributed by atoms with Gasteiger partial charge in [0, 0.05) is 18.2 Å². The summed E-state index contributed by atoms with van der Waals surface area (Å²) in [7, 11) is 1.63. The molecule has 0 unspecified atom stereocenters. The van der Waals surface area contributed by atoms with Crippen molar-refractivity contribution in [2.45, 2.75) is 20.3 Å². The highest BCUT2D eigenvalue weighted by Gasteiger charge is 2.05. The minimum Gasteiger partial charge on any atom is -0.497 e. The number of hydrogen-bond acceptors (Lipinski definition) is 5. The van der Waals surface area contributed by atoms with Crippen molar-refractivity contribution in [3.05, 3.63) is 40.7 Å². The fourth-order valence-electron chi connectivity index (χ4n) is 2.50. The maximum Gasteiger partial charge on any atom is 0.252 e. The van der Waals surface area contributed by atoms with Crippen LogP contribution in [0.4, 0.5) is 5.95 Å². The highest BCUT2D eigenvalue weighted by Crippen LogP contribution is 2.20. The minimum atomic E-state index is -0.165. The fourth-order valence-corrected chi connectivity index (χ4v) is 2.50. The van der Waals surface area contributed by atoms with Crippen LogP contribution in [0.3, 0.4) is 0 Å². The van der Waals surface area contributed by atoms with Gasteiger partial charge in [-0.15, -0.1) is 0 Å². The van der Waals surface area contributed by atoms with E-state index in [1.165, 1.54) is 6.07 Å². The number of H-pyrrole nitrogens is 1. The third-order valence-corrected chi connectivity index (χ3v) is 3.97. The first-order chi connectivity index (χ1) is 11.7. The van der Waals surface area contributed by atoms with Crippen molar-refractivity contribution >= 4 is 5.95 Å². The number of nitrogens with zero attached hydrogens (tertiary/aromatic N) is 2. The summed E-state index contributed by atoms with van der Waals surface area (Å²) >= 11 is 0. The molecule has 0 aliphatic heterocycles. The van der Waals surface area contributed by atoms with Gasteiger partial charge in [0.15, 0.2) is 0 Å². The highest BCUT2D eigenvalue weighted by atomic mass is 16.5. The molecule has 1 heterocycles. The van der Waals surface area contributed by atoms with Gasteiger partial charge in [-0.05, 0) is 50.3 Å². The third kappa shape index (κ3) is 5.09. The van der Waals surface area contributed by atoms with Crippen LogP contribution < -0.4 is 15.6 Å². The lowest BCUT2D eigenvalue weighted by Gasteiger charge is -2.17. The van der Waals surface area contributed by atoms with Crippen molar-refractivity contribution in [2.24, 2.45) is 0 Å². The minimum absolute atomic E-state index is 0.165.